The molecular weight excluding hydrogens is 162 g/mol. The summed E-state index contributed by atoms with van der Waals surface area (Å²) in [6, 6.07) is 0.501. The van der Waals surface area contributed by atoms with Gasteiger partial charge in [-0.05, 0) is 45.1 Å². The van der Waals surface area contributed by atoms with Crippen LogP contribution in [0, 0.1) is 11.8 Å². The number of ether oxygens (including phenoxy) is 1. The summed E-state index contributed by atoms with van der Waals surface area (Å²) in [6.07, 6.45) is 2.89. The summed E-state index contributed by atoms with van der Waals surface area (Å²) in [5.41, 5.74) is 0. The molecule has 0 bridgehead atoms. The maximum Gasteiger partial charge on any atom is 0.0616 e. The van der Waals surface area contributed by atoms with Gasteiger partial charge >= 0.3 is 0 Å². The van der Waals surface area contributed by atoms with Gasteiger partial charge in [0, 0.05) is 12.6 Å². The second-order valence-electron chi connectivity index (χ2n) is 4.28. The zero-order valence-corrected chi connectivity index (χ0v) is 9.18. The van der Waals surface area contributed by atoms with Crippen LogP contribution in [0.1, 0.15) is 33.6 Å². The average molecular weight is 185 g/mol. The molecule has 0 aromatic heterocycles. The van der Waals surface area contributed by atoms with Crippen molar-refractivity contribution in [2.45, 2.75) is 39.7 Å². The summed E-state index contributed by atoms with van der Waals surface area (Å²) in [4.78, 5) is 0. The van der Waals surface area contributed by atoms with Gasteiger partial charge in [0.2, 0.25) is 0 Å². The van der Waals surface area contributed by atoms with E-state index < -0.39 is 0 Å². The minimum Gasteiger partial charge on any atom is -0.380 e. The Bertz CT molecular complexity index is 134. The first-order chi connectivity index (χ1) is 6.24. The number of rotatable bonds is 7. The van der Waals surface area contributed by atoms with E-state index in [0.29, 0.717) is 6.04 Å². The van der Waals surface area contributed by atoms with Crippen molar-refractivity contribution in [2.75, 3.05) is 19.8 Å². The first kappa shape index (κ1) is 11.0. The molecule has 2 unspecified atom stereocenters. The molecule has 1 N–H and O–H groups in total. The molecule has 0 spiro atoms. The lowest BCUT2D eigenvalue weighted by atomic mass is 10.1. The minimum absolute atomic E-state index is 0.501. The molecule has 2 atom stereocenters. The third-order valence-electron chi connectivity index (χ3n) is 2.79. The van der Waals surface area contributed by atoms with Crippen LogP contribution in [-0.4, -0.2) is 25.8 Å². The molecule has 78 valence electrons. The van der Waals surface area contributed by atoms with Gasteiger partial charge < -0.3 is 10.1 Å². The predicted octanol–water partition coefficient (Wildman–Crippen LogP) is 2.05. The molecule has 0 aliphatic heterocycles. The van der Waals surface area contributed by atoms with Crippen molar-refractivity contribution < 1.29 is 4.74 Å². The Balaban J connectivity index is 1.96. The number of nitrogens with one attached hydrogen (secondary N) is 1. The standard InChI is InChI=1S/C11H23NO/c1-4-13-8-10(3)12-7-9(2)11-5-6-11/h9-12H,4-8H2,1-3H3. The number of hydrogen-bond acceptors (Lipinski definition) is 2. The van der Waals surface area contributed by atoms with Gasteiger partial charge in [-0.25, -0.2) is 0 Å². The molecule has 13 heavy (non-hydrogen) atoms. The molecular formula is C11H23NO. The van der Waals surface area contributed by atoms with Gasteiger partial charge in [-0.3, -0.25) is 0 Å². The highest BCUT2D eigenvalue weighted by atomic mass is 16.5. The zero-order valence-electron chi connectivity index (χ0n) is 9.18. The molecule has 0 aromatic carbocycles. The molecule has 0 radical (unpaired) electrons. The highest BCUT2D eigenvalue weighted by molar-refractivity contribution is 4.80. The Labute approximate surface area is 82.0 Å². The van der Waals surface area contributed by atoms with Crippen molar-refractivity contribution in [3.63, 3.8) is 0 Å². The van der Waals surface area contributed by atoms with Gasteiger partial charge in [0.05, 0.1) is 6.61 Å². The Hall–Kier alpha value is -0.0800. The van der Waals surface area contributed by atoms with Crippen molar-refractivity contribution >= 4 is 0 Å². The lowest BCUT2D eigenvalue weighted by Crippen LogP contribution is -2.34. The van der Waals surface area contributed by atoms with E-state index in [9.17, 15) is 0 Å². The Morgan fingerprint density at radius 3 is 2.62 bits per heavy atom. The topological polar surface area (TPSA) is 21.3 Å². The molecule has 1 aliphatic rings. The third kappa shape index (κ3) is 4.63. The van der Waals surface area contributed by atoms with Crippen molar-refractivity contribution in [2.24, 2.45) is 11.8 Å². The molecule has 1 fully saturated rings. The van der Waals surface area contributed by atoms with Crippen LogP contribution >= 0.6 is 0 Å². The summed E-state index contributed by atoms with van der Waals surface area (Å²) in [5, 5.41) is 3.51. The molecule has 2 heteroatoms. The summed E-state index contributed by atoms with van der Waals surface area (Å²) in [7, 11) is 0. The van der Waals surface area contributed by atoms with Gasteiger partial charge in [0.25, 0.3) is 0 Å². The quantitative estimate of drug-likeness (QED) is 0.655. The van der Waals surface area contributed by atoms with Crippen LogP contribution in [0.4, 0.5) is 0 Å². The minimum atomic E-state index is 0.501. The second kappa shape index (κ2) is 5.61. The van der Waals surface area contributed by atoms with Crippen LogP contribution in [-0.2, 0) is 4.74 Å². The van der Waals surface area contributed by atoms with E-state index in [1.54, 1.807) is 0 Å². The normalized spacial score (nSPS) is 21.5. The molecule has 0 saturated heterocycles. The van der Waals surface area contributed by atoms with Crippen LogP contribution in [0.5, 0.6) is 0 Å². The van der Waals surface area contributed by atoms with Crippen LogP contribution in [0.25, 0.3) is 0 Å². The van der Waals surface area contributed by atoms with Gasteiger partial charge in [0.15, 0.2) is 0 Å². The predicted molar refractivity (Wildman–Crippen MR) is 55.8 cm³/mol. The molecule has 1 saturated carbocycles. The molecule has 0 aromatic rings. The van der Waals surface area contributed by atoms with E-state index in [-0.39, 0.29) is 0 Å². The van der Waals surface area contributed by atoms with Gasteiger partial charge in [-0.2, -0.15) is 0 Å². The van der Waals surface area contributed by atoms with Crippen molar-refractivity contribution in [1.82, 2.24) is 5.32 Å². The van der Waals surface area contributed by atoms with Crippen LogP contribution < -0.4 is 5.32 Å². The van der Waals surface area contributed by atoms with Crippen LogP contribution in [0.3, 0.4) is 0 Å². The number of hydrogen-bond donors (Lipinski definition) is 1. The van der Waals surface area contributed by atoms with Crippen molar-refractivity contribution in [1.29, 1.82) is 0 Å². The zero-order chi connectivity index (χ0) is 9.68. The fraction of sp³-hybridized carbons (Fsp3) is 1.00. The summed E-state index contributed by atoms with van der Waals surface area (Å²) >= 11 is 0. The molecule has 1 aliphatic carbocycles. The average Bonchev–Trinajstić information content (AvgIpc) is 2.93. The van der Waals surface area contributed by atoms with Gasteiger partial charge in [-0.1, -0.05) is 6.92 Å². The van der Waals surface area contributed by atoms with E-state index >= 15 is 0 Å². The van der Waals surface area contributed by atoms with E-state index in [4.69, 9.17) is 4.74 Å². The largest absolute Gasteiger partial charge is 0.380 e. The maximum atomic E-state index is 5.34. The van der Waals surface area contributed by atoms with Gasteiger partial charge in [0.1, 0.15) is 0 Å². The summed E-state index contributed by atoms with van der Waals surface area (Å²) < 4.78 is 5.34. The molecule has 0 heterocycles. The van der Waals surface area contributed by atoms with Gasteiger partial charge in [-0.15, -0.1) is 0 Å². The fourth-order valence-electron chi connectivity index (χ4n) is 1.57. The monoisotopic (exact) mass is 185 g/mol. The highest BCUT2D eigenvalue weighted by Crippen LogP contribution is 2.36. The summed E-state index contributed by atoms with van der Waals surface area (Å²) in [5.74, 6) is 1.86. The van der Waals surface area contributed by atoms with Crippen molar-refractivity contribution in [3.05, 3.63) is 0 Å². The summed E-state index contributed by atoms with van der Waals surface area (Å²) in [6.45, 7) is 9.39. The first-order valence-corrected chi connectivity index (χ1v) is 5.55. The van der Waals surface area contributed by atoms with Crippen molar-refractivity contribution in [3.8, 4) is 0 Å². The first-order valence-electron chi connectivity index (χ1n) is 5.55. The van der Waals surface area contributed by atoms with E-state index in [1.807, 2.05) is 6.92 Å². The van der Waals surface area contributed by atoms with E-state index in [0.717, 1.165) is 31.6 Å². The van der Waals surface area contributed by atoms with E-state index in [1.165, 1.54) is 12.8 Å². The van der Waals surface area contributed by atoms with Crippen LogP contribution in [0.2, 0.25) is 0 Å². The SMILES string of the molecule is CCOCC(C)NCC(C)C1CC1. The Kier molecular flexibility index (Phi) is 4.74. The smallest absolute Gasteiger partial charge is 0.0616 e. The highest BCUT2D eigenvalue weighted by Gasteiger charge is 2.27. The maximum absolute atomic E-state index is 5.34. The van der Waals surface area contributed by atoms with Crippen LogP contribution in [0.15, 0.2) is 0 Å². The molecule has 2 nitrogen and oxygen atoms in total. The Morgan fingerprint density at radius 2 is 2.08 bits per heavy atom. The lowest BCUT2D eigenvalue weighted by molar-refractivity contribution is 0.126. The Morgan fingerprint density at radius 1 is 1.38 bits per heavy atom. The third-order valence-corrected chi connectivity index (χ3v) is 2.79. The molecule has 0 amide bonds. The molecule has 1 rings (SSSR count). The second-order valence-corrected chi connectivity index (χ2v) is 4.28. The fourth-order valence-corrected chi connectivity index (χ4v) is 1.57. The lowest BCUT2D eigenvalue weighted by Gasteiger charge is -2.17. The van der Waals surface area contributed by atoms with E-state index in [2.05, 4.69) is 19.2 Å².